The van der Waals surface area contributed by atoms with Crippen LogP contribution in [0, 0.1) is 13.8 Å². The van der Waals surface area contributed by atoms with Crippen LogP contribution in [-0.4, -0.2) is 29.6 Å². The number of aliphatic hydroxyl groups excluding tert-OH is 1. The molecule has 0 bridgehead atoms. The van der Waals surface area contributed by atoms with Crippen molar-refractivity contribution in [3.8, 4) is 0 Å². The first kappa shape index (κ1) is 12.7. The largest absolute Gasteiger partial charge is 0.396 e. The standard InChI is InChI=1S/C13H19NO2/c1-10-4-5-11(2)12(8-10)9-14(3)13(16)6-7-15/h4-5,8,15H,6-7,9H2,1-3H3. The van der Waals surface area contributed by atoms with Crippen molar-refractivity contribution in [2.45, 2.75) is 26.8 Å². The van der Waals surface area contributed by atoms with Gasteiger partial charge in [-0.2, -0.15) is 0 Å². The Hall–Kier alpha value is -1.35. The minimum absolute atomic E-state index is 0.0246. The molecule has 0 fully saturated rings. The second kappa shape index (κ2) is 5.66. The van der Waals surface area contributed by atoms with Gasteiger partial charge in [-0.1, -0.05) is 23.8 Å². The van der Waals surface area contributed by atoms with Crippen molar-refractivity contribution in [1.82, 2.24) is 4.90 Å². The fourth-order valence-electron chi connectivity index (χ4n) is 1.60. The average molecular weight is 221 g/mol. The molecule has 1 N–H and O–H groups in total. The Bertz CT molecular complexity index is 374. The smallest absolute Gasteiger partial charge is 0.224 e. The Morgan fingerprint density at radius 2 is 2.06 bits per heavy atom. The third-order valence-corrected chi connectivity index (χ3v) is 2.66. The van der Waals surface area contributed by atoms with Gasteiger partial charge in [-0.15, -0.1) is 0 Å². The van der Waals surface area contributed by atoms with Gasteiger partial charge >= 0.3 is 0 Å². The van der Waals surface area contributed by atoms with Crippen molar-refractivity contribution in [2.24, 2.45) is 0 Å². The van der Waals surface area contributed by atoms with Gasteiger partial charge < -0.3 is 10.0 Å². The lowest BCUT2D eigenvalue weighted by atomic mass is 10.1. The van der Waals surface area contributed by atoms with Gasteiger partial charge in [0.15, 0.2) is 0 Å². The topological polar surface area (TPSA) is 40.5 Å². The highest BCUT2D eigenvalue weighted by Crippen LogP contribution is 2.12. The Morgan fingerprint density at radius 3 is 2.69 bits per heavy atom. The number of aryl methyl sites for hydroxylation is 2. The summed E-state index contributed by atoms with van der Waals surface area (Å²) in [5.41, 5.74) is 3.55. The van der Waals surface area contributed by atoms with Gasteiger partial charge in [0.05, 0.1) is 6.61 Å². The second-order valence-electron chi connectivity index (χ2n) is 4.15. The molecule has 0 unspecified atom stereocenters. The van der Waals surface area contributed by atoms with E-state index in [2.05, 4.69) is 18.2 Å². The van der Waals surface area contributed by atoms with Crippen LogP contribution in [0.5, 0.6) is 0 Å². The first-order valence-electron chi connectivity index (χ1n) is 5.45. The van der Waals surface area contributed by atoms with Crippen LogP contribution in [0.4, 0.5) is 0 Å². The highest BCUT2D eigenvalue weighted by molar-refractivity contribution is 5.75. The van der Waals surface area contributed by atoms with Gasteiger partial charge in [0, 0.05) is 20.0 Å². The number of rotatable bonds is 4. The molecule has 0 aliphatic rings. The van der Waals surface area contributed by atoms with Crippen LogP contribution >= 0.6 is 0 Å². The van der Waals surface area contributed by atoms with Crippen LogP contribution in [0.1, 0.15) is 23.1 Å². The van der Waals surface area contributed by atoms with E-state index in [9.17, 15) is 4.79 Å². The van der Waals surface area contributed by atoms with Gasteiger partial charge in [0.1, 0.15) is 0 Å². The van der Waals surface area contributed by atoms with Crippen molar-refractivity contribution in [2.75, 3.05) is 13.7 Å². The lowest BCUT2D eigenvalue weighted by Crippen LogP contribution is -2.27. The first-order valence-corrected chi connectivity index (χ1v) is 5.45. The van der Waals surface area contributed by atoms with E-state index < -0.39 is 0 Å². The van der Waals surface area contributed by atoms with Gasteiger partial charge in [-0.05, 0) is 25.0 Å². The zero-order valence-corrected chi connectivity index (χ0v) is 10.2. The van der Waals surface area contributed by atoms with Crippen LogP contribution in [0.15, 0.2) is 18.2 Å². The summed E-state index contributed by atoms with van der Waals surface area (Å²) in [6.07, 6.45) is 0.196. The third kappa shape index (κ3) is 3.35. The SMILES string of the molecule is Cc1ccc(C)c(CN(C)C(=O)CCO)c1. The summed E-state index contributed by atoms with van der Waals surface area (Å²) < 4.78 is 0. The molecule has 1 aromatic carbocycles. The molecule has 0 aromatic heterocycles. The van der Waals surface area contributed by atoms with Crippen LogP contribution < -0.4 is 0 Å². The average Bonchev–Trinajstić information content (AvgIpc) is 2.23. The summed E-state index contributed by atoms with van der Waals surface area (Å²) in [5, 5.41) is 8.70. The van der Waals surface area contributed by atoms with Gasteiger partial charge in [-0.3, -0.25) is 4.79 Å². The van der Waals surface area contributed by atoms with Crippen molar-refractivity contribution < 1.29 is 9.90 Å². The fourth-order valence-corrected chi connectivity index (χ4v) is 1.60. The van der Waals surface area contributed by atoms with E-state index in [-0.39, 0.29) is 18.9 Å². The zero-order chi connectivity index (χ0) is 12.1. The molecule has 3 nitrogen and oxygen atoms in total. The van der Waals surface area contributed by atoms with Gasteiger partial charge in [-0.25, -0.2) is 0 Å². The first-order chi connectivity index (χ1) is 7.54. The highest BCUT2D eigenvalue weighted by Gasteiger charge is 2.09. The Morgan fingerprint density at radius 1 is 1.38 bits per heavy atom. The van der Waals surface area contributed by atoms with E-state index in [0.29, 0.717) is 6.54 Å². The van der Waals surface area contributed by atoms with Crippen molar-refractivity contribution >= 4 is 5.91 Å². The lowest BCUT2D eigenvalue weighted by Gasteiger charge is -2.18. The van der Waals surface area contributed by atoms with Crippen LogP contribution in [0.25, 0.3) is 0 Å². The Balaban J connectivity index is 2.72. The maximum atomic E-state index is 11.5. The number of carbonyl (C=O) groups is 1. The number of hydrogen-bond donors (Lipinski definition) is 1. The van der Waals surface area contributed by atoms with E-state index in [1.807, 2.05) is 13.8 Å². The van der Waals surface area contributed by atoms with Gasteiger partial charge in [0.25, 0.3) is 0 Å². The maximum Gasteiger partial charge on any atom is 0.224 e. The molecule has 16 heavy (non-hydrogen) atoms. The molecular formula is C13H19NO2. The molecule has 1 aromatic rings. The van der Waals surface area contributed by atoms with E-state index in [1.54, 1.807) is 11.9 Å². The van der Waals surface area contributed by atoms with Crippen LogP contribution in [-0.2, 0) is 11.3 Å². The lowest BCUT2D eigenvalue weighted by molar-refractivity contribution is -0.131. The molecular weight excluding hydrogens is 202 g/mol. The molecule has 3 heteroatoms. The molecule has 0 atom stereocenters. The van der Waals surface area contributed by atoms with E-state index in [4.69, 9.17) is 5.11 Å². The molecule has 1 rings (SSSR count). The number of amides is 1. The fraction of sp³-hybridized carbons (Fsp3) is 0.462. The quantitative estimate of drug-likeness (QED) is 0.839. The molecule has 0 saturated carbocycles. The minimum Gasteiger partial charge on any atom is -0.396 e. The third-order valence-electron chi connectivity index (χ3n) is 2.66. The van der Waals surface area contributed by atoms with Crippen LogP contribution in [0.3, 0.4) is 0 Å². The van der Waals surface area contributed by atoms with Crippen molar-refractivity contribution in [3.63, 3.8) is 0 Å². The molecule has 0 spiro atoms. The number of nitrogens with zero attached hydrogens (tertiary/aromatic N) is 1. The molecule has 0 heterocycles. The number of carbonyl (C=O) groups excluding carboxylic acids is 1. The number of hydrogen-bond acceptors (Lipinski definition) is 2. The predicted molar refractivity (Wildman–Crippen MR) is 64.1 cm³/mol. The van der Waals surface area contributed by atoms with Crippen molar-refractivity contribution in [1.29, 1.82) is 0 Å². The molecule has 0 radical (unpaired) electrons. The molecule has 88 valence electrons. The summed E-state index contributed by atoms with van der Waals surface area (Å²) in [5.74, 6) is -0.0246. The van der Waals surface area contributed by atoms with E-state index >= 15 is 0 Å². The second-order valence-corrected chi connectivity index (χ2v) is 4.15. The van der Waals surface area contributed by atoms with Crippen molar-refractivity contribution in [3.05, 3.63) is 34.9 Å². The molecule has 0 aliphatic heterocycles. The Labute approximate surface area is 96.7 Å². The Kier molecular flexibility index (Phi) is 4.50. The number of aliphatic hydroxyl groups is 1. The maximum absolute atomic E-state index is 11.5. The van der Waals surface area contributed by atoms with E-state index in [0.717, 1.165) is 5.56 Å². The summed E-state index contributed by atoms with van der Waals surface area (Å²) >= 11 is 0. The molecule has 0 saturated heterocycles. The zero-order valence-electron chi connectivity index (χ0n) is 10.2. The summed E-state index contributed by atoms with van der Waals surface area (Å²) in [7, 11) is 1.76. The normalized spacial score (nSPS) is 10.2. The summed E-state index contributed by atoms with van der Waals surface area (Å²) in [6, 6.07) is 6.22. The predicted octanol–water partition coefficient (Wildman–Crippen LogP) is 1.64. The molecule has 0 aliphatic carbocycles. The van der Waals surface area contributed by atoms with Crippen LogP contribution in [0.2, 0.25) is 0 Å². The number of benzene rings is 1. The molecule has 1 amide bonds. The summed E-state index contributed by atoms with van der Waals surface area (Å²) in [4.78, 5) is 13.2. The summed E-state index contributed by atoms with van der Waals surface area (Å²) in [6.45, 7) is 4.60. The van der Waals surface area contributed by atoms with E-state index in [1.165, 1.54) is 11.1 Å². The monoisotopic (exact) mass is 221 g/mol. The highest BCUT2D eigenvalue weighted by atomic mass is 16.3. The van der Waals surface area contributed by atoms with Gasteiger partial charge in [0.2, 0.25) is 5.91 Å². The minimum atomic E-state index is -0.0873.